The minimum absolute atomic E-state index is 0.0643. The third kappa shape index (κ3) is 4.44. The van der Waals surface area contributed by atoms with E-state index in [1.54, 1.807) is 0 Å². The van der Waals surface area contributed by atoms with E-state index in [4.69, 9.17) is 4.74 Å². The van der Waals surface area contributed by atoms with Crippen molar-refractivity contribution >= 4 is 11.6 Å². The molecule has 1 atom stereocenters. The Bertz CT molecular complexity index is 828. The molecule has 3 aromatic rings. The molecule has 1 N–H and O–H groups in total. The number of benzene rings is 2. The number of carbonyl (C=O) groups is 1. The largest absolute Gasteiger partial charge is 0.457 e. The zero-order valence-electron chi connectivity index (χ0n) is 14.3. The molecule has 0 fully saturated rings. The molecule has 4 nitrogen and oxygen atoms in total. The van der Waals surface area contributed by atoms with Crippen LogP contribution in [-0.2, 0) is 4.79 Å². The Labute approximate surface area is 147 Å². The number of hydrogen-bond donors (Lipinski definition) is 1. The monoisotopic (exact) mass is 333 g/mol. The number of carbonyl (C=O) groups excluding carboxylic acids is 1. The fourth-order valence-electron chi connectivity index (χ4n) is 2.38. The van der Waals surface area contributed by atoms with E-state index in [2.05, 4.69) is 5.32 Å². The highest BCUT2D eigenvalue weighted by Crippen LogP contribution is 2.22. The minimum atomic E-state index is -0.291. The topological polar surface area (TPSA) is 42.2 Å². The molecule has 0 saturated carbocycles. The lowest BCUT2D eigenvalue weighted by Gasteiger charge is -2.10. The van der Waals surface area contributed by atoms with Gasteiger partial charge in [0.15, 0.2) is 12.4 Å². The number of aromatic nitrogens is 1. The number of rotatable bonds is 5. The quantitative estimate of drug-likeness (QED) is 0.708. The second-order valence-electron chi connectivity index (χ2n) is 5.93. The van der Waals surface area contributed by atoms with Gasteiger partial charge in [-0.3, -0.25) is 4.79 Å². The van der Waals surface area contributed by atoms with Crippen LogP contribution in [-0.4, -0.2) is 5.91 Å². The second kappa shape index (κ2) is 7.62. The van der Waals surface area contributed by atoms with E-state index in [1.807, 2.05) is 97.5 Å². The Hall–Kier alpha value is -3.14. The van der Waals surface area contributed by atoms with Crippen LogP contribution >= 0.6 is 0 Å². The van der Waals surface area contributed by atoms with E-state index in [1.165, 1.54) is 0 Å². The summed E-state index contributed by atoms with van der Waals surface area (Å²) in [6, 6.07) is 20.6. The average molecular weight is 333 g/mol. The normalized spacial score (nSPS) is 11.6. The highest BCUT2D eigenvalue weighted by molar-refractivity contribution is 5.92. The van der Waals surface area contributed by atoms with Gasteiger partial charge in [-0.1, -0.05) is 18.2 Å². The first kappa shape index (κ1) is 16.7. The minimum Gasteiger partial charge on any atom is -0.457 e. The number of nitrogens with zero attached hydrogens (tertiary/aromatic N) is 1. The van der Waals surface area contributed by atoms with Gasteiger partial charge in [0, 0.05) is 24.7 Å². The van der Waals surface area contributed by atoms with Crippen LogP contribution in [0.25, 0.3) is 0 Å². The summed E-state index contributed by atoms with van der Waals surface area (Å²) in [4.78, 5) is 12.4. The van der Waals surface area contributed by atoms with E-state index >= 15 is 0 Å². The molecule has 0 saturated heterocycles. The molecule has 0 radical (unpaired) electrons. The Balaban J connectivity index is 1.62. The Kier molecular flexibility index (Phi) is 5.09. The van der Waals surface area contributed by atoms with Gasteiger partial charge >= 0.3 is 0 Å². The van der Waals surface area contributed by atoms with E-state index in [0.717, 1.165) is 22.7 Å². The molecule has 0 spiro atoms. The van der Waals surface area contributed by atoms with Gasteiger partial charge < -0.3 is 10.1 Å². The fraction of sp³-hybridized carbons (Fsp3) is 0.143. The van der Waals surface area contributed by atoms with Gasteiger partial charge in [-0.15, -0.1) is 0 Å². The van der Waals surface area contributed by atoms with Gasteiger partial charge in [-0.05, 0) is 48.9 Å². The zero-order valence-corrected chi connectivity index (χ0v) is 14.3. The number of nitrogens with one attached hydrogen (secondary N) is 1. The van der Waals surface area contributed by atoms with E-state index < -0.39 is 0 Å². The lowest BCUT2D eigenvalue weighted by molar-refractivity contribution is -0.705. The first-order valence-corrected chi connectivity index (χ1v) is 8.23. The number of aryl methyl sites for hydroxylation is 1. The molecular formula is C21H21N2O2+. The Morgan fingerprint density at radius 3 is 2.16 bits per heavy atom. The molecule has 3 rings (SSSR count). The van der Waals surface area contributed by atoms with Gasteiger partial charge in [-0.2, -0.15) is 4.57 Å². The predicted molar refractivity (Wildman–Crippen MR) is 97.7 cm³/mol. The summed E-state index contributed by atoms with van der Waals surface area (Å²) in [5, 5.41) is 2.93. The van der Waals surface area contributed by atoms with Crippen LogP contribution in [0.15, 0.2) is 79.1 Å². The van der Waals surface area contributed by atoms with E-state index in [0.29, 0.717) is 0 Å². The fourth-order valence-corrected chi connectivity index (χ4v) is 2.38. The molecule has 2 aromatic carbocycles. The highest BCUT2D eigenvalue weighted by Gasteiger charge is 2.21. The molecule has 0 aliphatic heterocycles. The maximum atomic E-state index is 12.4. The van der Waals surface area contributed by atoms with Gasteiger partial charge in [0.2, 0.25) is 6.04 Å². The molecule has 0 aliphatic carbocycles. The maximum Gasteiger partial charge on any atom is 0.293 e. The summed E-state index contributed by atoms with van der Waals surface area (Å²) in [7, 11) is 0. The molecular weight excluding hydrogens is 312 g/mol. The van der Waals surface area contributed by atoms with Crippen molar-refractivity contribution in [3.63, 3.8) is 0 Å². The van der Waals surface area contributed by atoms with Crippen LogP contribution in [0.1, 0.15) is 18.5 Å². The third-order valence-electron chi connectivity index (χ3n) is 3.95. The van der Waals surface area contributed by atoms with Gasteiger partial charge in [-0.25, -0.2) is 0 Å². The van der Waals surface area contributed by atoms with Crippen molar-refractivity contribution in [2.24, 2.45) is 0 Å². The molecule has 1 heterocycles. The number of pyridine rings is 1. The summed E-state index contributed by atoms with van der Waals surface area (Å²) in [5.74, 6) is 1.44. The summed E-state index contributed by atoms with van der Waals surface area (Å²) < 4.78 is 7.63. The number of ether oxygens (including phenoxy) is 1. The number of para-hydroxylation sites is 1. The molecule has 0 unspecified atom stereocenters. The van der Waals surface area contributed by atoms with Crippen molar-refractivity contribution in [1.82, 2.24) is 0 Å². The lowest BCUT2D eigenvalue weighted by Crippen LogP contribution is -2.43. The van der Waals surface area contributed by atoms with Crippen LogP contribution in [0.2, 0.25) is 0 Å². The Morgan fingerprint density at radius 2 is 1.52 bits per heavy atom. The van der Waals surface area contributed by atoms with E-state index in [9.17, 15) is 4.79 Å². The Morgan fingerprint density at radius 1 is 0.920 bits per heavy atom. The van der Waals surface area contributed by atoms with Crippen molar-refractivity contribution in [3.8, 4) is 11.5 Å². The van der Waals surface area contributed by atoms with Crippen LogP contribution in [0.4, 0.5) is 5.69 Å². The molecule has 1 aromatic heterocycles. The summed E-state index contributed by atoms with van der Waals surface area (Å²) in [5.41, 5.74) is 1.91. The molecule has 25 heavy (non-hydrogen) atoms. The van der Waals surface area contributed by atoms with Crippen LogP contribution in [0.5, 0.6) is 11.5 Å². The standard InChI is InChI=1S/C21H20N2O2/c1-16-12-14-23(15-13-16)17(2)21(24)22-18-8-10-20(11-9-18)25-19-6-4-3-5-7-19/h3-15,17H,1-2H3/p+1/t17-/m1/s1. The average Bonchev–Trinajstić information content (AvgIpc) is 2.64. The van der Waals surface area contributed by atoms with E-state index in [-0.39, 0.29) is 11.9 Å². The molecule has 4 heteroatoms. The SMILES string of the molecule is Cc1cc[n+]([C@H](C)C(=O)Nc2ccc(Oc3ccccc3)cc2)cc1. The number of anilines is 1. The lowest BCUT2D eigenvalue weighted by atomic mass is 10.2. The second-order valence-corrected chi connectivity index (χ2v) is 5.93. The zero-order chi connectivity index (χ0) is 17.6. The van der Waals surface area contributed by atoms with Crippen LogP contribution in [0.3, 0.4) is 0 Å². The van der Waals surface area contributed by atoms with Gasteiger partial charge in [0.25, 0.3) is 5.91 Å². The molecule has 1 amide bonds. The van der Waals surface area contributed by atoms with Crippen LogP contribution < -0.4 is 14.6 Å². The van der Waals surface area contributed by atoms with Crippen molar-refractivity contribution in [2.45, 2.75) is 19.9 Å². The van der Waals surface area contributed by atoms with Crippen molar-refractivity contribution in [3.05, 3.63) is 84.7 Å². The summed E-state index contributed by atoms with van der Waals surface area (Å²) >= 11 is 0. The number of hydrogen-bond acceptors (Lipinski definition) is 2. The van der Waals surface area contributed by atoms with Gasteiger partial charge in [0.05, 0.1) is 0 Å². The summed E-state index contributed by atoms with van der Waals surface area (Å²) in [6.45, 7) is 3.89. The third-order valence-corrected chi connectivity index (χ3v) is 3.95. The molecule has 0 bridgehead atoms. The molecule has 0 aliphatic rings. The number of amides is 1. The highest BCUT2D eigenvalue weighted by atomic mass is 16.5. The maximum absolute atomic E-state index is 12.4. The smallest absolute Gasteiger partial charge is 0.293 e. The first-order valence-electron chi connectivity index (χ1n) is 8.23. The van der Waals surface area contributed by atoms with Gasteiger partial charge in [0.1, 0.15) is 11.5 Å². The molecule has 126 valence electrons. The summed E-state index contributed by atoms with van der Waals surface area (Å²) in [6.07, 6.45) is 3.83. The van der Waals surface area contributed by atoms with Crippen molar-refractivity contribution in [1.29, 1.82) is 0 Å². The van der Waals surface area contributed by atoms with Crippen molar-refractivity contribution in [2.75, 3.05) is 5.32 Å². The predicted octanol–water partition coefficient (Wildman–Crippen LogP) is 4.27. The van der Waals surface area contributed by atoms with Crippen molar-refractivity contribution < 1.29 is 14.1 Å². The first-order chi connectivity index (χ1) is 12.1. The van der Waals surface area contributed by atoms with Crippen LogP contribution in [0, 0.1) is 6.92 Å².